The minimum atomic E-state index is -0.758. The van der Waals surface area contributed by atoms with Crippen LogP contribution in [0.25, 0.3) is 5.57 Å². The Labute approximate surface area is 88.3 Å². The molecule has 0 bridgehead atoms. The van der Waals surface area contributed by atoms with Crippen LogP contribution < -0.4 is 0 Å². The fraction of sp³-hybridized carbons (Fsp3) is 0.111. The fourth-order valence-corrected chi connectivity index (χ4v) is 1.36. The Balaban J connectivity index is 3.33. The smallest absolute Gasteiger partial charge is 0.152 e. The highest BCUT2D eigenvalue weighted by atomic mass is 79.9. The lowest BCUT2D eigenvalue weighted by molar-refractivity contribution is 0.577. The predicted molar refractivity (Wildman–Crippen MR) is 54.2 cm³/mol. The Bertz CT molecular complexity index is 350. The Morgan fingerprint density at radius 1 is 1.46 bits per heavy atom. The van der Waals surface area contributed by atoms with E-state index in [0.717, 1.165) is 6.07 Å². The van der Waals surface area contributed by atoms with Crippen LogP contribution in [0.15, 0.2) is 18.7 Å². The van der Waals surface area contributed by atoms with Crippen LogP contribution in [0.2, 0.25) is 5.02 Å². The highest BCUT2D eigenvalue weighted by Crippen LogP contribution is 2.26. The molecule has 0 aliphatic heterocycles. The highest BCUT2D eigenvalue weighted by Gasteiger charge is 2.14. The molecule has 1 rings (SSSR count). The van der Waals surface area contributed by atoms with Crippen LogP contribution in [0, 0.1) is 11.6 Å². The van der Waals surface area contributed by atoms with Crippen molar-refractivity contribution >= 4 is 33.1 Å². The number of benzene rings is 1. The Hall–Kier alpha value is -0.410. The fourth-order valence-electron chi connectivity index (χ4n) is 0.918. The molecule has 1 aromatic carbocycles. The Morgan fingerprint density at radius 2 is 2.08 bits per heavy atom. The van der Waals surface area contributed by atoms with Gasteiger partial charge in [0.05, 0.1) is 10.6 Å². The molecule has 0 aliphatic carbocycles. The van der Waals surface area contributed by atoms with Crippen LogP contribution in [0.1, 0.15) is 5.56 Å². The second-order valence-corrected chi connectivity index (χ2v) is 3.42. The lowest BCUT2D eigenvalue weighted by atomic mass is 10.1. The van der Waals surface area contributed by atoms with Crippen LogP contribution in [-0.4, -0.2) is 5.33 Å². The molecule has 4 heteroatoms. The van der Waals surface area contributed by atoms with Gasteiger partial charge in [-0.2, -0.15) is 0 Å². The van der Waals surface area contributed by atoms with Crippen molar-refractivity contribution in [2.24, 2.45) is 0 Å². The monoisotopic (exact) mass is 266 g/mol. The first-order valence-corrected chi connectivity index (χ1v) is 4.95. The summed E-state index contributed by atoms with van der Waals surface area (Å²) in [5.41, 5.74) is 0.182. The van der Waals surface area contributed by atoms with Gasteiger partial charge >= 0.3 is 0 Å². The molecule has 0 aliphatic rings. The molecule has 0 fully saturated rings. The van der Waals surface area contributed by atoms with Gasteiger partial charge in [-0.1, -0.05) is 34.1 Å². The molecular weight excluding hydrogens is 261 g/mol. The van der Waals surface area contributed by atoms with Gasteiger partial charge in [0.2, 0.25) is 0 Å². The summed E-state index contributed by atoms with van der Waals surface area (Å²) in [7, 11) is 0. The second kappa shape index (κ2) is 4.20. The van der Waals surface area contributed by atoms with Crippen molar-refractivity contribution in [2.75, 3.05) is 5.33 Å². The summed E-state index contributed by atoms with van der Waals surface area (Å²) in [5, 5.41) is 0.208. The van der Waals surface area contributed by atoms with E-state index < -0.39 is 11.6 Å². The molecule has 0 nitrogen and oxygen atoms in total. The molecule has 0 N–H and O–H groups in total. The maximum absolute atomic E-state index is 13.2. The third-order valence-corrected chi connectivity index (χ3v) is 2.53. The number of hydrogen-bond acceptors (Lipinski definition) is 0. The summed E-state index contributed by atoms with van der Waals surface area (Å²) in [4.78, 5) is 0. The first kappa shape index (κ1) is 10.7. The lowest BCUT2D eigenvalue weighted by Crippen LogP contribution is -1.95. The highest BCUT2D eigenvalue weighted by molar-refractivity contribution is 9.09. The van der Waals surface area contributed by atoms with Gasteiger partial charge in [-0.05, 0) is 17.7 Å². The number of alkyl halides is 1. The number of halogens is 4. The summed E-state index contributed by atoms with van der Waals surface area (Å²) in [5.74, 6) is -1.41. The average Bonchev–Trinajstić information content (AvgIpc) is 2.12. The number of hydrogen-bond donors (Lipinski definition) is 0. The minimum Gasteiger partial charge on any atom is -0.206 e. The molecule has 1 aromatic rings. The van der Waals surface area contributed by atoms with Crippen LogP contribution in [0.3, 0.4) is 0 Å². The van der Waals surface area contributed by atoms with Crippen LogP contribution >= 0.6 is 27.5 Å². The van der Waals surface area contributed by atoms with Crippen molar-refractivity contribution in [3.05, 3.63) is 40.9 Å². The number of allylic oxidation sites excluding steroid dienone is 1. The molecule has 0 atom stereocenters. The van der Waals surface area contributed by atoms with Gasteiger partial charge in [-0.25, -0.2) is 8.78 Å². The van der Waals surface area contributed by atoms with Crippen molar-refractivity contribution in [1.29, 1.82) is 0 Å². The van der Waals surface area contributed by atoms with Gasteiger partial charge in [-0.3, -0.25) is 0 Å². The zero-order valence-electron chi connectivity index (χ0n) is 6.58. The molecule has 70 valence electrons. The van der Waals surface area contributed by atoms with Crippen molar-refractivity contribution in [1.82, 2.24) is 0 Å². The van der Waals surface area contributed by atoms with E-state index in [1.54, 1.807) is 0 Å². The van der Waals surface area contributed by atoms with Crippen LogP contribution in [0.5, 0.6) is 0 Å². The van der Waals surface area contributed by atoms with E-state index in [9.17, 15) is 8.78 Å². The lowest BCUT2D eigenvalue weighted by Gasteiger charge is -2.06. The Kier molecular flexibility index (Phi) is 3.45. The summed E-state index contributed by atoms with van der Waals surface area (Å²) < 4.78 is 26.3. The quantitative estimate of drug-likeness (QED) is 0.561. The van der Waals surface area contributed by atoms with Crippen LogP contribution in [-0.2, 0) is 0 Å². The Morgan fingerprint density at radius 3 is 2.62 bits per heavy atom. The normalized spacial score (nSPS) is 10.2. The van der Waals surface area contributed by atoms with Crippen molar-refractivity contribution in [3.63, 3.8) is 0 Å². The van der Waals surface area contributed by atoms with E-state index in [1.807, 2.05) is 0 Å². The topological polar surface area (TPSA) is 0 Å². The summed E-state index contributed by atoms with van der Waals surface area (Å²) >= 11 is 8.56. The SMILES string of the molecule is C=C(CBr)c1c(F)ccc(Cl)c1F. The second-order valence-electron chi connectivity index (χ2n) is 2.46. The molecule has 0 amide bonds. The van der Waals surface area contributed by atoms with E-state index in [-0.39, 0.29) is 10.6 Å². The van der Waals surface area contributed by atoms with Crippen molar-refractivity contribution < 1.29 is 8.78 Å². The first-order valence-electron chi connectivity index (χ1n) is 3.45. The third-order valence-electron chi connectivity index (χ3n) is 1.56. The third kappa shape index (κ3) is 2.09. The zero-order chi connectivity index (χ0) is 10.0. The van der Waals surface area contributed by atoms with Crippen molar-refractivity contribution in [3.8, 4) is 0 Å². The maximum Gasteiger partial charge on any atom is 0.152 e. The number of rotatable bonds is 2. The molecule has 0 aromatic heterocycles. The van der Waals surface area contributed by atoms with Crippen molar-refractivity contribution in [2.45, 2.75) is 0 Å². The van der Waals surface area contributed by atoms with E-state index >= 15 is 0 Å². The molecule has 0 heterocycles. The van der Waals surface area contributed by atoms with E-state index in [4.69, 9.17) is 11.6 Å². The van der Waals surface area contributed by atoms with Crippen LogP contribution in [0.4, 0.5) is 8.78 Å². The van der Waals surface area contributed by atoms with E-state index in [2.05, 4.69) is 22.5 Å². The van der Waals surface area contributed by atoms with Gasteiger partial charge in [-0.15, -0.1) is 0 Å². The molecule has 0 radical (unpaired) electrons. The van der Waals surface area contributed by atoms with Gasteiger partial charge in [0, 0.05) is 5.33 Å². The zero-order valence-corrected chi connectivity index (χ0v) is 8.92. The summed E-state index contributed by atoms with van der Waals surface area (Å²) in [6.07, 6.45) is 0. The standard InChI is InChI=1S/C9H6BrClF2/c1-5(4-10)8-7(12)3-2-6(11)9(8)13/h2-3H,1,4H2. The van der Waals surface area contributed by atoms with Gasteiger partial charge < -0.3 is 0 Å². The molecule has 0 unspecified atom stereocenters. The van der Waals surface area contributed by atoms with Gasteiger partial charge in [0.1, 0.15) is 5.82 Å². The largest absolute Gasteiger partial charge is 0.206 e. The first-order chi connectivity index (χ1) is 6.07. The summed E-state index contributed by atoms with van der Waals surface area (Å²) in [6, 6.07) is 2.30. The molecule has 0 saturated heterocycles. The van der Waals surface area contributed by atoms with E-state index in [0.29, 0.717) is 10.9 Å². The summed E-state index contributed by atoms with van der Waals surface area (Å²) in [6.45, 7) is 3.52. The average molecular weight is 268 g/mol. The molecule has 13 heavy (non-hydrogen) atoms. The maximum atomic E-state index is 13.2. The molecular formula is C9H6BrClF2. The predicted octanol–water partition coefficient (Wildman–Crippen LogP) is 4.03. The molecule has 0 saturated carbocycles. The molecule has 0 spiro atoms. The van der Waals surface area contributed by atoms with Gasteiger partial charge in [0.25, 0.3) is 0 Å². The minimum absolute atomic E-state index is 0.0986. The van der Waals surface area contributed by atoms with Gasteiger partial charge in [0.15, 0.2) is 5.82 Å². The van der Waals surface area contributed by atoms with E-state index in [1.165, 1.54) is 6.07 Å².